The Hall–Kier alpha value is -2.69. The number of nitrogens with two attached hydrogens (primary N) is 1. The van der Waals surface area contributed by atoms with Crippen LogP contribution in [0.3, 0.4) is 0 Å². The van der Waals surface area contributed by atoms with Gasteiger partial charge in [0.25, 0.3) is 5.91 Å². The van der Waals surface area contributed by atoms with Crippen LogP contribution in [0.4, 0.5) is 10.1 Å². The molecule has 3 N–H and O–H groups in total. The lowest BCUT2D eigenvalue weighted by Crippen LogP contribution is -2.14. The third-order valence-corrected chi connectivity index (χ3v) is 2.86. The summed E-state index contributed by atoms with van der Waals surface area (Å²) in [7, 11) is 0. The molecule has 2 aromatic carbocycles. The molecule has 20 heavy (non-hydrogen) atoms. The zero-order valence-electron chi connectivity index (χ0n) is 10.8. The summed E-state index contributed by atoms with van der Waals surface area (Å²) in [5.74, 6) is -1.33. The van der Waals surface area contributed by atoms with Crippen molar-refractivity contribution in [3.8, 4) is 0 Å². The van der Waals surface area contributed by atoms with Gasteiger partial charge in [-0.3, -0.25) is 9.59 Å². The van der Waals surface area contributed by atoms with Gasteiger partial charge >= 0.3 is 0 Å². The minimum atomic E-state index is -0.558. The van der Waals surface area contributed by atoms with Gasteiger partial charge in [0, 0.05) is 16.8 Å². The van der Waals surface area contributed by atoms with Gasteiger partial charge in [-0.15, -0.1) is 0 Å². The molecule has 0 saturated heterocycles. The molecule has 0 aliphatic heterocycles. The second kappa shape index (κ2) is 5.52. The Balaban J connectivity index is 2.15. The quantitative estimate of drug-likeness (QED) is 0.901. The van der Waals surface area contributed by atoms with E-state index < -0.39 is 5.91 Å². The van der Waals surface area contributed by atoms with E-state index in [4.69, 9.17) is 5.73 Å². The molecule has 102 valence electrons. The van der Waals surface area contributed by atoms with Crippen LogP contribution >= 0.6 is 0 Å². The predicted molar refractivity (Wildman–Crippen MR) is 74.1 cm³/mol. The van der Waals surface area contributed by atoms with Crippen molar-refractivity contribution in [2.24, 2.45) is 5.73 Å². The van der Waals surface area contributed by atoms with Gasteiger partial charge in [0.1, 0.15) is 5.82 Å². The summed E-state index contributed by atoms with van der Waals surface area (Å²) >= 11 is 0. The molecular formula is C15H13FN2O2. The summed E-state index contributed by atoms with van der Waals surface area (Å²) in [5, 5.41) is 2.58. The number of halogens is 1. The number of rotatable bonds is 3. The average molecular weight is 272 g/mol. The number of hydrogen-bond donors (Lipinski definition) is 2. The molecule has 0 aliphatic rings. The van der Waals surface area contributed by atoms with Crippen LogP contribution in [0.25, 0.3) is 0 Å². The maximum atomic E-state index is 13.4. The van der Waals surface area contributed by atoms with E-state index in [0.29, 0.717) is 22.4 Å². The Kier molecular flexibility index (Phi) is 3.79. The summed E-state index contributed by atoms with van der Waals surface area (Å²) in [6.45, 7) is 1.64. The first-order chi connectivity index (χ1) is 9.47. The molecule has 5 heteroatoms. The van der Waals surface area contributed by atoms with Gasteiger partial charge in [-0.1, -0.05) is 6.07 Å². The largest absolute Gasteiger partial charge is 0.366 e. The van der Waals surface area contributed by atoms with Gasteiger partial charge in [0.05, 0.1) is 0 Å². The van der Waals surface area contributed by atoms with E-state index in [1.807, 2.05) is 0 Å². The molecule has 0 saturated carbocycles. The highest BCUT2D eigenvalue weighted by molar-refractivity contribution is 6.05. The Labute approximate surface area is 115 Å². The lowest BCUT2D eigenvalue weighted by Gasteiger charge is -2.06. The molecule has 2 rings (SSSR count). The summed E-state index contributed by atoms with van der Waals surface area (Å²) in [6, 6.07) is 10.4. The number of aryl methyl sites for hydroxylation is 1. The molecule has 0 fully saturated rings. The maximum absolute atomic E-state index is 13.4. The minimum Gasteiger partial charge on any atom is -0.366 e. The van der Waals surface area contributed by atoms with Crippen LogP contribution in [0.2, 0.25) is 0 Å². The van der Waals surface area contributed by atoms with E-state index in [9.17, 15) is 14.0 Å². The highest BCUT2D eigenvalue weighted by Gasteiger charge is 2.08. The number of amides is 2. The molecule has 4 nitrogen and oxygen atoms in total. The fraction of sp³-hybridized carbons (Fsp3) is 0.0667. The first kappa shape index (κ1) is 13.7. The smallest absolute Gasteiger partial charge is 0.255 e. The van der Waals surface area contributed by atoms with E-state index in [1.165, 1.54) is 30.3 Å². The third kappa shape index (κ3) is 3.00. The second-order valence-electron chi connectivity index (χ2n) is 4.36. The lowest BCUT2D eigenvalue weighted by molar-refractivity contribution is 0.0995. The van der Waals surface area contributed by atoms with E-state index in [-0.39, 0.29) is 11.7 Å². The van der Waals surface area contributed by atoms with E-state index >= 15 is 0 Å². The number of carbonyl (C=O) groups is 2. The minimum absolute atomic E-state index is 0.322. The van der Waals surface area contributed by atoms with Gasteiger partial charge in [0.15, 0.2) is 0 Å². The van der Waals surface area contributed by atoms with E-state index in [1.54, 1.807) is 19.1 Å². The number of primary amides is 1. The van der Waals surface area contributed by atoms with Crippen molar-refractivity contribution in [3.63, 3.8) is 0 Å². The van der Waals surface area contributed by atoms with Gasteiger partial charge in [-0.25, -0.2) is 4.39 Å². The van der Waals surface area contributed by atoms with Crippen LogP contribution in [0.15, 0.2) is 42.5 Å². The van der Waals surface area contributed by atoms with Crippen molar-refractivity contribution >= 4 is 17.5 Å². The normalized spacial score (nSPS) is 10.1. The summed E-state index contributed by atoms with van der Waals surface area (Å²) < 4.78 is 13.4. The van der Waals surface area contributed by atoms with Crippen LogP contribution < -0.4 is 11.1 Å². The SMILES string of the molecule is Cc1ccc(NC(=O)c2ccc(C(N)=O)cc2)cc1F. The van der Waals surface area contributed by atoms with Crippen molar-refractivity contribution in [2.75, 3.05) is 5.32 Å². The molecule has 2 amide bonds. The summed E-state index contributed by atoms with van der Waals surface area (Å²) in [6.07, 6.45) is 0. The zero-order valence-corrected chi connectivity index (χ0v) is 10.8. The first-order valence-corrected chi connectivity index (χ1v) is 5.95. The fourth-order valence-corrected chi connectivity index (χ4v) is 1.66. The van der Waals surface area contributed by atoms with Gasteiger partial charge < -0.3 is 11.1 Å². The fourth-order valence-electron chi connectivity index (χ4n) is 1.66. The molecular weight excluding hydrogens is 259 g/mol. The molecule has 0 unspecified atom stereocenters. The Morgan fingerprint density at radius 1 is 1.05 bits per heavy atom. The Morgan fingerprint density at radius 3 is 2.20 bits per heavy atom. The highest BCUT2D eigenvalue weighted by atomic mass is 19.1. The average Bonchev–Trinajstić information content (AvgIpc) is 2.43. The molecule has 0 bridgehead atoms. The molecule has 0 spiro atoms. The van der Waals surface area contributed by atoms with Crippen LogP contribution in [-0.4, -0.2) is 11.8 Å². The van der Waals surface area contributed by atoms with Crippen molar-refractivity contribution in [3.05, 3.63) is 65.0 Å². The van der Waals surface area contributed by atoms with Crippen LogP contribution in [0.5, 0.6) is 0 Å². The third-order valence-electron chi connectivity index (χ3n) is 2.86. The van der Waals surface area contributed by atoms with Crippen LogP contribution in [-0.2, 0) is 0 Å². The van der Waals surface area contributed by atoms with Crippen LogP contribution in [0, 0.1) is 12.7 Å². The lowest BCUT2D eigenvalue weighted by atomic mass is 10.1. The van der Waals surface area contributed by atoms with Crippen LogP contribution in [0.1, 0.15) is 26.3 Å². The Morgan fingerprint density at radius 2 is 1.65 bits per heavy atom. The zero-order chi connectivity index (χ0) is 14.7. The summed E-state index contributed by atoms with van der Waals surface area (Å²) in [5.41, 5.74) is 6.67. The monoisotopic (exact) mass is 272 g/mol. The van der Waals surface area contributed by atoms with Crippen molar-refractivity contribution < 1.29 is 14.0 Å². The number of benzene rings is 2. The van der Waals surface area contributed by atoms with Crippen molar-refractivity contribution in [1.82, 2.24) is 0 Å². The maximum Gasteiger partial charge on any atom is 0.255 e. The number of hydrogen-bond acceptors (Lipinski definition) is 2. The van der Waals surface area contributed by atoms with Gasteiger partial charge in [-0.2, -0.15) is 0 Å². The predicted octanol–water partition coefficient (Wildman–Crippen LogP) is 2.49. The number of carbonyl (C=O) groups excluding carboxylic acids is 2. The molecule has 0 atom stereocenters. The molecule has 0 heterocycles. The highest BCUT2D eigenvalue weighted by Crippen LogP contribution is 2.15. The second-order valence-corrected chi connectivity index (χ2v) is 4.36. The molecule has 0 radical (unpaired) electrons. The van der Waals surface area contributed by atoms with E-state index in [0.717, 1.165) is 0 Å². The molecule has 0 aliphatic carbocycles. The standard InChI is InChI=1S/C15H13FN2O2/c1-9-2-7-12(8-13(9)16)18-15(20)11-5-3-10(4-6-11)14(17)19/h2-8H,1H3,(H2,17,19)(H,18,20). The van der Waals surface area contributed by atoms with Crippen molar-refractivity contribution in [1.29, 1.82) is 0 Å². The number of nitrogens with one attached hydrogen (secondary N) is 1. The summed E-state index contributed by atoms with van der Waals surface area (Å²) in [4.78, 5) is 22.9. The molecule has 0 aromatic heterocycles. The van der Waals surface area contributed by atoms with Gasteiger partial charge in [-0.05, 0) is 48.9 Å². The molecule has 2 aromatic rings. The number of anilines is 1. The Bertz CT molecular complexity index is 666. The van der Waals surface area contributed by atoms with Crippen molar-refractivity contribution in [2.45, 2.75) is 6.92 Å². The van der Waals surface area contributed by atoms with Gasteiger partial charge in [0.2, 0.25) is 5.91 Å². The first-order valence-electron chi connectivity index (χ1n) is 5.95. The topological polar surface area (TPSA) is 72.2 Å². The van der Waals surface area contributed by atoms with E-state index in [2.05, 4.69) is 5.32 Å².